The Bertz CT molecular complexity index is 712. The van der Waals surface area contributed by atoms with Crippen molar-refractivity contribution in [3.63, 3.8) is 0 Å². The second-order valence-corrected chi connectivity index (χ2v) is 7.73. The fourth-order valence-corrected chi connectivity index (χ4v) is 3.16. The first-order valence-electron chi connectivity index (χ1n) is 7.83. The zero-order valence-electron chi connectivity index (χ0n) is 13.7. The number of carbonyl (C=O) groups is 1. The maximum Gasteiger partial charge on any atom is 0.410 e. The highest BCUT2D eigenvalue weighted by molar-refractivity contribution is 9.10. The number of anilines is 1. The Hall–Kier alpha value is -1.69. The van der Waals surface area contributed by atoms with E-state index in [1.807, 2.05) is 33.0 Å². The number of benzene rings is 1. The van der Waals surface area contributed by atoms with Crippen LogP contribution in [0.15, 0.2) is 28.9 Å². The summed E-state index contributed by atoms with van der Waals surface area (Å²) in [4.78, 5) is 19.5. The third kappa shape index (κ3) is 3.63. The monoisotopic (exact) mass is 379 g/mol. The smallest absolute Gasteiger partial charge is 0.410 e. The molecular weight excluding hydrogens is 358 g/mol. The molecule has 2 heterocycles. The van der Waals surface area contributed by atoms with Gasteiger partial charge in [0, 0.05) is 47.8 Å². The van der Waals surface area contributed by atoms with E-state index >= 15 is 0 Å². The number of ether oxygens (including phenoxy) is 1. The molecule has 1 aromatic heterocycles. The first kappa shape index (κ1) is 16.2. The van der Waals surface area contributed by atoms with Crippen LogP contribution < -0.4 is 4.90 Å². The summed E-state index contributed by atoms with van der Waals surface area (Å²) < 4.78 is 6.51. The van der Waals surface area contributed by atoms with Crippen molar-refractivity contribution in [1.29, 1.82) is 0 Å². The van der Waals surface area contributed by atoms with Crippen LogP contribution in [0.3, 0.4) is 0 Å². The molecule has 1 saturated heterocycles. The number of carbonyl (C=O) groups excluding carboxylic acids is 1. The van der Waals surface area contributed by atoms with Gasteiger partial charge in [0.15, 0.2) is 0 Å². The van der Waals surface area contributed by atoms with Gasteiger partial charge < -0.3 is 19.5 Å². The van der Waals surface area contributed by atoms with Crippen LogP contribution in [-0.4, -0.2) is 47.8 Å². The molecule has 1 fully saturated rings. The van der Waals surface area contributed by atoms with E-state index in [-0.39, 0.29) is 6.09 Å². The standard InChI is InChI=1S/C17H22BrN3O2/c1-17(2,3)23-16(22)21-8-6-20(7-9-21)15-11-19-14-5-4-12(18)10-13(14)15/h4-5,10-11,19H,6-9H2,1-3H3. The van der Waals surface area contributed by atoms with E-state index in [0.717, 1.165) is 23.1 Å². The molecule has 6 heteroatoms. The number of fused-ring (bicyclic) bond motifs is 1. The molecule has 0 aliphatic carbocycles. The van der Waals surface area contributed by atoms with Crippen molar-refractivity contribution < 1.29 is 9.53 Å². The summed E-state index contributed by atoms with van der Waals surface area (Å²) in [6.07, 6.45) is 1.82. The molecule has 0 atom stereocenters. The molecule has 23 heavy (non-hydrogen) atoms. The number of halogens is 1. The van der Waals surface area contributed by atoms with Crippen LogP contribution in [0.25, 0.3) is 10.9 Å². The van der Waals surface area contributed by atoms with Crippen LogP contribution in [0.1, 0.15) is 20.8 Å². The van der Waals surface area contributed by atoms with Crippen LogP contribution >= 0.6 is 15.9 Å². The Morgan fingerprint density at radius 3 is 2.57 bits per heavy atom. The number of rotatable bonds is 1. The molecule has 0 spiro atoms. The molecule has 1 N–H and O–H groups in total. The summed E-state index contributed by atoms with van der Waals surface area (Å²) in [5, 5.41) is 1.20. The molecule has 1 aliphatic rings. The Morgan fingerprint density at radius 1 is 1.22 bits per heavy atom. The lowest BCUT2D eigenvalue weighted by molar-refractivity contribution is 0.0241. The van der Waals surface area contributed by atoms with Gasteiger partial charge in [-0.25, -0.2) is 4.79 Å². The Morgan fingerprint density at radius 2 is 1.91 bits per heavy atom. The van der Waals surface area contributed by atoms with Gasteiger partial charge in [-0.2, -0.15) is 0 Å². The van der Waals surface area contributed by atoms with Gasteiger partial charge in [0.25, 0.3) is 0 Å². The van der Waals surface area contributed by atoms with Crippen LogP contribution in [0, 0.1) is 0 Å². The molecule has 1 aliphatic heterocycles. The van der Waals surface area contributed by atoms with E-state index in [9.17, 15) is 4.79 Å². The molecule has 5 nitrogen and oxygen atoms in total. The lowest BCUT2D eigenvalue weighted by Crippen LogP contribution is -2.50. The van der Waals surface area contributed by atoms with Crippen molar-refractivity contribution >= 4 is 38.6 Å². The quantitative estimate of drug-likeness (QED) is 0.814. The van der Waals surface area contributed by atoms with Gasteiger partial charge in [-0.05, 0) is 39.0 Å². The molecule has 1 aromatic carbocycles. The van der Waals surface area contributed by atoms with Crippen molar-refractivity contribution in [2.24, 2.45) is 0 Å². The number of H-pyrrole nitrogens is 1. The van der Waals surface area contributed by atoms with E-state index in [1.165, 1.54) is 11.1 Å². The summed E-state index contributed by atoms with van der Waals surface area (Å²) >= 11 is 3.53. The normalized spacial score (nSPS) is 16.0. The fourth-order valence-electron chi connectivity index (χ4n) is 2.80. The Balaban J connectivity index is 1.69. The minimum Gasteiger partial charge on any atom is -0.444 e. The highest BCUT2D eigenvalue weighted by Crippen LogP contribution is 2.30. The maximum atomic E-state index is 12.1. The van der Waals surface area contributed by atoms with Gasteiger partial charge in [-0.1, -0.05) is 15.9 Å². The number of aromatic nitrogens is 1. The molecule has 1 amide bonds. The summed E-state index contributed by atoms with van der Waals surface area (Å²) in [6.45, 7) is 8.64. The van der Waals surface area contributed by atoms with E-state index in [1.54, 1.807) is 4.90 Å². The summed E-state index contributed by atoms with van der Waals surface area (Å²) in [7, 11) is 0. The highest BCUT2D eigenvalue weighted by atomic mass is 79.9. The second-order valence-electron chi connectivity index (χ2n) is 6.82. The zero-order valence-corrected chi connectivity index (χ0v) is 15.3. The lowest BCUT2D eigenvalue weighted by Gasteiger charge is -2.36. The number of hydrogen-bond acceptors (Lipinski definition) is 3. The van der Waals surface area contributed by atoms with Gasteiger partial charge in [-0.15, -0.1) is 0 Å². The molecule has 3 rings (SSSR count). The number of nitrogens with zero attached hydrogens (tertiary/aromatic N) is 2. The minimum absolute atomic E-state index is 0.223. The van der Waals surface area contributed by atoms with Gasteiger partial charge in [0.05, 0.1) is 5.69 Å². The van der Waals surface area contributed by atoms with Crippen molar-refractivity contribution in [2.45, 2.75) is 26.4 Å². The number of amides is 1. The van der Waals surface area contributed by atoms with Gasteiger partial charge >= 0.3 is 6.09 Å². The van der Waals surface area contributed by atoms with Crippen molar-refractivity contribution in [3.8, 4) is 0 Å². The van der Waals surface area contributed by atoms with Crippen LogP contribution in [0.5, 0.6) is 0 Å². The van der Waals surface area contributed by atoms with Crippen LogP contribution in [-0.2, 0) is 4.74 Å². The van der Waals surface area contributed by atoms with E-state index in [0.29, 0.717) is 13.1 Å². The highest BCUT2D eigenvalue weighted by Gasteiger charge is 2.26. The van der Waals surface area contributed by atoms with Crippen LogP contribution in [0.2, 0.25) is 0 Å². The van der Waals surface area contributed by atoms with Gasteiger partial charge in [0.1, 0.15) is 5.60 Å². The molecule has 0 saturated carbocycles. The summed E-state index contributed by atoms with van der Waals surface area (Å²) in [5.74, 6) is 0. The average molecular weight is 380 g/mol. The van der Waals surface area contributed by atoms with Crippen molar-refractivity contribution in [2.75, 3.05) is 31.1 Å². The first-order chi connectivity index (χ1) is 10.8. The summed E-state index contributed by atoms with van der Waals surface area (Å²) in [6, 6.07) is 6.23. The Labute approximate surface area is 144 Å². The minimum atomic E-state index is -0.447. The summed E-state index contributed by atoms with van der Waals surface area (Å²) in [5.41, 5.74) is 1.86. The molecule has 0 unspecified atom stereocenters. The molecule has 2 aromatic rings. The predicted molar refractivity (Wildman–Crippen MR) is 96.0 cm³/mol. The molecule has 0 bridgehead atoms. The van der Waals surface area contributed by atoms with Crippen LogP contribution in [0.4, 0.5) is 10.5 Å². The fraction of sp³-hybridized carbons (Fsp3) is 0.471. The number of aromatic amines is 1. The molecule has 124 valence electrons. The second kappa shape index (κ2) is 6.07. The Kier molecular flexibility index (Phi) is 4.27. The van der Waals surface area contributed by atoms with Gasteiger partial charge in [0.2, 0.25) is 0 Å². The predicted octanol–water partition coefficient (Wildman–Crippen LogP) is 3.99. The number of hydrogen-bond donors (Lipinski definition) is 1. The van der Waals surface area contributed by atoms with Crippen molar-refractivity contribution in [1.82, 2.24) is 9.88 Å². The third-order valence-corrected chi connectivity index (χ3v) is 4.39. The first-order valence-corrected chi connectivity index (χ1v) is 8.62. The maximum absolute atomic E-state index is 12.1. The molecule has 0 radical (unpaired) electrons. The topological polar surface area (TPSA) is 48.6 Å². The number of piperazine rings is 1. The average Bonchev–Trinajstić information content (AvgIpc) is 2.88. The molecular formula is C17H22BrN3O2. The number of nitrogens with one attached hydrogen (secondary N) is 1. The lowest BCUT2D eigenvalue weighted by atomic mass is 10.2. The van der Waals surface area contributed by atoms with Gasteiger partial charge in [-0.3, -0.25) is 0 Å². The van der Waals surface area contributed by atoms with E-state index in [4.69, 9.17) is 4.74 Å². The van der Waals surface area contributed by atoms with E-state index < -0.39 is 5.60 Å². The zero-order chi connectivity index (χ0) is 16.6. The van der Waals surface area contributed by atoms with Crippen molar-refractivity contribution in [3.05, 3.63) is 28.9 Å². The third-order valence-electron chi connectivity index (χ3n) is 3.89. The SMILES string of the molecule is CC(C)(C)OC(=O)N1CCN(c2c[nH]c3ccc(Br)cc23)CC1. The van der Waals surface area contributed by atoms with E-state index in [2.05, 4.69) is 37.9 Å². The largest absolute Gasteiger partial charge is 0.444 e.